The fraction of sp³-hybridized carbons (Fsp3) is 0.529. The van der Waals surface area contributed by atoms with Crippen LogP contribution in [0.3, 0.4) is 0 Å². The van der Waals surface area contributed by atoms with Gasteiger partial charge in [-0.2, -0.15) is 0 Å². The third kappa shape index (κ3) is 3.42. The van der Waals surface area contributed by atoms with Crippen molar-refractivity contribution in [1.29, 1.82) is 0 Å². The zero-order valence-electron chi connectivity index (χ0n) is 15.1. The van der Waals surface area contributed by atoms with Gasteiger partial charge in [-0.1, -0.05) is 23.5 Å². The van der Waals surface area contributed by atoms with E-state index < -0.39 is 0 Å². The van der Waals surface area contributed by atoms with Crippen LogP contribution in [-0.4, -0.2) is 70.0 Å². The van der Waals surface area contributed by atoms with Crippen molar-refractivity contribution in [3.63, 3.8) is 0 Å². The highest BCUT2D eigenvalue weighted by Gasteiger charge is 2.26. The Morgan fingerprint density at radius 3 is 2.77 bits per heavy atom. The number of thiazole rings is 1. The first kappa shape index (κ1) is 17.3. The van der Waals surface area contributed by atoms with Gasteiger partial charge < -0.3 is 9.64 Å². The van der Waals surface area contributed by atoms with Gasteiger partial charge in [0, 0.05) is 33.3 Å². The van der Waals surface area contributed by atoms with Gasteiger partial charge in [0.1, 0.15) is 0 Å². The number of hydrogen-bond acceptors (Lipinski definition) is 8. The first-order chi connectivity index (χ1) is 12.8. The average Bonchev–Trinajstić information content (AvgIpc) is 3.32. The van der Waals surface area contributed by atoms with Crippen molar-refractivity contribution in [2.45, 2.75) is 19.5 Å². The number of benzene rings is 1. The second kappa shape index (κ2) is 7.65. The van der Waals surface area contributed by atoms with Crippen LogP contribution in [0.2, 0.25) is 0 Å². The molecule has 9 heteroatoms. The van der Waals surface area contributed by atoms with E-state index in [1.165, 1.54) is 4.70 Å². The Labute approximate surface area is 156 Å². The number of rotatable bonds is 6. The van der Waals surface area contributed by atoms with Crippen LogP contribution in [0.25, 0.3) is 10.2 Å². The summed E-state index contributed by atoms with van der Waals surface area (Å²) >= 11 is 1.77. The molecule has 0 unspecified atom stereocenters. The predicted molar refractivity (Wildman–Crippen MR) is 102 cm³/mol. The summed E-state index contributed by atoms with van der Waals surface area (Å²) in [5, 5.41) is 13.3. The number of fused-ring (bicyclic) bond motifs is 1. The summed E-state index contributed by atoms with van der Waals surface area (Å²) in [6.07, 6.45) is 0. The first-order valence-corrected chi connectivity index (χ1v) is 9.67. The summed E-state index contributed by atoms with van der Waals surface area (Å²) in [6, 6.07) is 8.50. The fourth-order valence-corrected chi connectivity index (χ4v) is 4.32. The Bertz CT molecular complexity index is 823. The molecule has 0 amide bonds. The second-order valence-corrected chi connectivity index (χ2v) is 7.43. The Hall–Kier alpha value is -2.10. The number of methoxy groups -OCH3 is 1. The molecule has 1 aliphatic heterocycles. The van der Waals surface area contributed by atoms with Gasteiger partial charge in [0.2, 0.25) is 0 Å². The summed E-state index contributed by atoms with van der Waals surface area (Å²) in [5.74, 6) is 0.899. The average molecular weight is 373 g/mol. The molecule has 1 fully saturated rings. The fourth-order valence-electron chi connectivity index (χ4n) is 3.31. The standard InChI is InChI=1S/C17H23N7OS/c1-13(16-19-20-21-24(16)11-12-25-2)22-7-9-23(10-8-22)17-18-14-5-3-4-6-15(14)26-17/h3-6,13H,7-12H2,1-2H3/t13-/m1/s1. The van der Waals surface area contributed by atoms with E-state index in [0.717, 1.165) is 42.7 Å². The highest BCUT2D eigenvalue weighted by Crippen LogP contribution is 2.30. The number of ether oxygens (including phenoxy) is 1. The first-order valence-electron chi connectivity index (χ1n) is 8.86. The third-order valence-electron chi connectivity index (χ3n) is 4.86. The Morgan fingerprint density at radius 2 is 2.00 bits per heavy atom. The van der Waals surface area contributed by atoms with Crippen molar-refractivity contribution in [1.82, 2.24) is 30.1 Å². The van der Waals surface area contributed by atoms with Crippen LogP contribution in [-0.2, 0) is 11.3 Å². The van der Waals surface area contributed by atoms with Crippen molar-refractivity contribution in [3.8, 4) is 0 Å². The van der Waals surface area contributed by atoms with Crippen molar-refractivity contribution in [3.05, 3.63) is 30.1 Å². The lowest BCUT2D eigenvalue weighted by Gasteiger charge is -2.37. The highest BCUT2D eigenvalue weighted by atomic mass is 32.1. The predicted octanol–water partition coefficient (Wildman–Crippen LogP) is 1.81. The molecule has 1 aliphatic rings. The van der Waals surface area contributed by atoms with Crippen LogP contribution in [0.15, 0.2) is 24.3 Å². The maximum Gasteiger partial charge on any atom is 0.186 e. The third-order valence-corrected chi connectivity index (χ3v) is 5.95. The van der Waals surface area contributed by atoms with Gasteiger partial charge in [-0.3, -0.25) is 4.90 Å². The number of piperazine rings is 1. The monoisotopic (exact) mass is 373 g/mol. The van der Waals surface area contributed by atoms with Crippen molar-refractivity contribution in [2.24, 2.45) is 0 Å². The van der Waals surface area contributed by atoms with Crippen LogP contribution in [0.1, 0.15) is 18.8 Å². The van der Waals surface area contributed by atoms with Crippen LogP contribution in [0.4, 0.5) is 5.13 Å². The summed E-state index contributed by atoms with van der Waals surface area (Å²) < 4.78 is 8.23. The van der Waals surface area contributed by atoms with Gasteiger partial charge >= 0.3 is 0 Å². The Kier molecular flexibility index (Phi) is 5.09. The highest BCUT2D eigenvalue weighted by molar-refractivity contribution is 7.22. The van der Waals surface area contributed by atoms with E-state index in [1.807, 2.05) is 10.7 Å². The van der Waals surface area contributed by atoms with Gasteiger partial charge in [0.05, 0.1) is 29.4 Å². The van der Waals surface area contributed by atoms with Crippen LogP contribution < -0.4 is 4.90 Å². The smallest absolute Gasteiger partial charge is 0.186 e. The van der Waals surface area contributed by atoms with Gasteiger partial charge in [-0.15, -0.1) is 5.10 Å². The molecular weight excluding hydrogens is 350 g/mol. The normalized spacial score (nSPS) is 17.1. The molecule has 138 valence electrons. The molecule has 8 nitrogen and oxygen atoms in total. The molecule has 26 heavy (non-hydrogen) atoms. The van der Waals surface area contributed by atoms with E-state index >= 15 is 0 Å². The number of anilines is 1. The zero-order chi connectivity index (χ0) is 17.9. The summed E-state index contributed by atoms with van der Waals surface area (Å²) in [4.78, 5) is 9.59. The van der Waals surface area contributed by atoms with E-state index in [1.54, 1.807) is 18.4 Å². The van der Waals surface area contributed by atoms with Gasteiger partial charge in [-0.25, -0.2) is 9.67 Å². The molecule has 0 radical (unpaired) electrons. The maximum atomic E-state index is 5.14. The van der Waals surface area contributed by atoms with Crippen molar-refractivity contribution >= 4 is 26.7 Å². The van der Waals surface area contributed by atoms with Crippen LogP contribution in [0.5, 0.6) is 0 Å². The summed E-state index contributed by atoms with van der Waals surface area (Å²) in [6.45, 7) is 7.31. The molecule has 0 bridgehead atoms. The van der Waals surface area contributed by atoms with E-state index in [2.05, 4.69) is 50.4 Å². The number of nitrogens with zero attached hydrogens (tertiary/aromatic N) is 7. The van der Waals surface area contributed by atoms with Crippen molar-refractivity contribution < 1.29 is 4.74 Å². The second-order valence-electron chi connectivity index (χ2n) is 6.42. The summed E-state index contributed by atoms with van der Waals surface area (Å²) in [7, 11) is 1.69. The quantitative estimate of drug-likeness (QED) is 0.652. The molecule has 3 aromatic rings. The molecule has 4 rings (SSSR count). The summed E-state index contributed by atoms with van der Waals surface area (Å²) in [5.41, 5.74) is 1.08. The van der Waals surface area contributed by atoms with E-state index in [9.17, 15) is 0 Å². The minimum absolute atomic E-state index is 0.180. The lowest BCUT2D eigenvalue weighted by atomic mass is 10.2. The SMILES string of the molecule is COCCn1nnnc1[C@@H](C)N1CCN(c2nc3ccccc3s2)CC1. The molecule has 1 atom stereocenters. The molecule has 0 spiro atoms. The van der Waals surface area contributed by atoms with Gasteiger partial charge in [0.15, 0.2) is 11.0 Å². The molecule has 0 N–H and O–H groups in total. The molecule has 2 aromatic heterocycles. The molecular formula is C17H23N7OS. The van der Waals surface area contributed by atoms with Crippen molar-refractivity contribution in [2.75, 3.05) is 44.8 Å². The molecule has 0 aliphatic carbocycles. The molecule has 1 saturated heterocycles. The van der Waals surface area contributed by atoms with E-state index in [0.29, 0.717) is 13.2 Å². The minimum atomic E-state index is 0.180. The maximum absolute atomic E-state index is 5.14. The lowest BCUT2D eigenvalue weighted by Crippen LogP contribution is -2.47. The largest absolute Gasteiger partial charge is 0.383 e. The number of aromatic nitrogens is 5. The van der Waals surface area contributed by atoms with E-state index in [4.69, 9.17) is 9.72 Å². The number of para-hydroxylation sites is 1. The number of hydrogen-bond donors (Lipinski definition) is 0. The van der Waals surface area contributed by atoms with Gasteiger partial charge in [-0.05, 0) is 29.5 Å². The Balaban J connectivity index is 1.41. The molecule has 0 saturated carbocycles. The molecule has 1 aromatic carbocycles. The molecule has 3 heterocycles. The minimum Gasteiger partial charge on any atom is -0.383 e. The Morgan fingerprint density at radius 1 is 1.19 bits per heavy atom. The topological polar surface area (TPSA) is 72.2 Å². The van der Waals surface area contributed by atoms with Gasteiger partial charge in [0.25, 0.3) is 0 Å². The number of tetrazole rings is 1. The lowest BCUT2D eigenvalue weighted by molar-refractivity contribution is 0.166. The zero-order valence-corrected chi connectivity index (χ0v) is 15.9. The van der Waals surface area contributed by atoms with Crippen LogP contribution >= 0.6 is 11.3 Å². The van der Waals surface area contributed by atoms with Crippen LogP contribution in [0, 0.1) is 0 Å². The van der Waals surface area contributed by atoms with E-state index in [-0.39, 0.29) is 6.04 Å².